The molecule has 2 amide bonds. The maximum Gasteiger partial charge on any atom is 0.326 e. The summed E-state index contributed by atoms with van der Waals surface area (Å²) in [5, 5.41) is 14.0. The minimum Gasteiger partial charge on any atom is -0.480 e. The van der Waals surface area contributed by atoms with Crippen molar-refractivity contribution in [2.45, 2.75) is 38.8 Å². The Kier molecular flexibility index (Phi) is 7.10. The Bertz CT molecular complexity index is 628. The number of nitrogens with one attached hydrogen (secondary N) is 2. The molecule has 0 unspecified atom stereocenters. The van der Waals surface area contributed by atoms with Gasteiger partial charge in [-0.15, -0.1) is 6.58 Å². The maximum atomic E-state index is 13.0. The Balaban J connectivity index is 2.87. The van der Waals surface area contributed by atoms with Crippen molar-refractivity contribution in [3.8, 4) is 0 Å². The Morgan fingerprint density at radius 3 is 2.17 bits per heavy atom. The number of hydrogen-bond acceptors (Lipinski definition) is 3. The third-order valence-corrected chi connectivity index (χ3v) is 3.21. The Hall–Kier alpha value is -2.70. The molecule has 1 rings (SSSR count). The lowest BCUT2D eigenvalue weighted by Gasteiger charge is -2.21. The van der Waals surface area contributed by atoms with Crippen molar-refractivity contribution in [1.29, 1.82) is 0 Å². The first-order chi connectivity index (χ1) is 11.2. The first-order valence-electron chi connectivity index (χ1n) is 7.38. The smallest absolute Gasteiger partial charge is 0.326 e. The van der Waals surface area contributed by atoms with Crippen LogP contribution >= 0.6 is 0 Å². The van der Waals surface area contributed by atoms with E-state index in [0.717, 1.165) is 0 Å². The lowest BCUT2D eigenvalue weighted by molar-refractivity contribution is -0.142. The average molecular weight is 336 g/mol. The van der Waals surface area contributed by atoms with E-state index in [4.69, 9.17) is 0 Å². The van der Waals surface area contributed by atoms with Gasteiger partial charge in [-0.05, 0) is 31.0 Å². The molecule has 0 fully saturated rings. The number of aliphatic carboxylic acids is 1. The van der Waals surface area contributed by atoms with Crippen molar-refractivity contribution in [3.05, 3.63) is 47.8 Å². The van der Waals surface area contributed by atoms with Crippen LogP contribution in [0.25, 0.3) is 0 Å². The van der Waals surface area contributed by atoms with Crippen LogP contribution in [0.15, 0.2) is 36.4 Å². The number of carboxylic acids is 1. The molecule has 0 saturated heterocycles. The largest absolute Gasteiger partial charge is 0.480 e. The average Bonchev–Trinajstić information content (AvgIpc) is 2.47. The van der Waals surface area contributed by atoms with Gasteiger partial charge < -0.3 is 15.7 Å². The molecular formula is C17H21FN2O4. The van der Waals surface area contributed by atoms with Gasteiger partial charge in [0.25, 0.3) is 0 Å². The highest BCUT2D eigenvalue weighted by molar-refractivity contribution is 5.90. The van der Waals surface area contributed by atoms with Gasteiger partial charge in [0.05, 0.1) is 0 Å². The molecule has 0 aliphatic carbocycles. The van der Waals surface area contributed by atoms with Crippen molar-refractivity contribution < 1.29 is 23.9 Å². The van der Waals surface area contributed by atoms with E-state index in [9.17, 15) is 23.9 Å². The summed E-state index contributed by atoms with van der Waals surface area (Å²) < 4.78 is 13.0. The molecule has 0 saturated carbocycles. The first kappa shape index (κ1) is 19.3. The predicted molar refractivity (Wildman–Crippen MR) is 86.7 cm³/mol. The highest BCUT2D eigenvalue weighted by atomic mass is 19.1. The Labute approximate surface area is 139 Å². The second kappa shape index (κ2) is 8.81. The van der Waals surface area contributed by atoms with E-state index >= 15 is 0 Å². The van der Waals surface area contributed by atoms with Crippen molar-refractivity contribution in [3.63, 3.8) is 0 Å². The molecule has 0 aromatic heterocycles. The number of hydrogen-bond donors (Lipinski definition) is 3. The minimum absolute atomic E-state index is 0.0877. The number of carbonyl (C=O) groups excluding carboxylic acids is 2. The van der Waals surface area contributed by atoms with E-state index in [1.165, 1.54) is 31.2 Å². The number of carbonyl (C=O) groups is 3. The van der Waals surface area contributed by atoms with E-state index in [-0.39, 0.29) is 12.8 Å². The van der Waals surface area contributed by atoms with Crippen LogP contribution in [0.5, 0.6) is 0 Å². The van der Waals surface area contributed by atoms with Gasteiger partial charge in [0.2, 0.25) is 11.8 Å². The van der Waals surface area contributed by atoms with Crippen LogP contribution in [0.3, 0.4) is 0 Å². The van der Waals surface area contributed by atoms with E-state index in [1.54, 1.807) is 6.92 Å². The molecule has 24 heavy (non-hydrogen) atoms. The molecule has 1 aromatic carbocycles. The lowest BCUT2D eigenvalue weighted by atomic mass is 10.0. The normalized spacial score (nSPS) is 12.8. The highest BCUT2D eigenvalue weighted by Crippen LogP contribution is 2.08. The number of amides is 2. The maximum absolute atomic E-state index is 13.0. The number of halogens is 1. The highest BCUT2D eigenvalue weighted by Gasteiger charge is 2.26. The number of carboxylic acid groups (broad SMARTS) is 1. The second-order valence-electron chi connectivity index (χ2n) is 5.64. The van der Waals surface area contributed by atoms with Crippen molar-refractivity contribution in [2.75, 3.05) is 0 Å². The Morgan fingerprint density at radius 2 is 1.71 bits per heavy atom. The third-order valence-electron chi connectivity index (χ3n) is 3.21. The zero-order chi connectivity index (χ0) is 18.3. The monoisotopic (exact) mass is 336 g/mol. The van der Waals surface area contributed by atoms with Gasteiger partial charge >= 0.3 is 5.97 Å². The van der Waals surface area contributed by atoms with Crippen LogP contribution in [0.1, 0.15) is 25.8 Å². The molecule has 0 radical (unpaired) electrons. The van der Waals surface area contributed by atoms with Crippen molar-refractivity contribution >= 4 is 17.8 Å². The third kappa shape index (κ3) is 6.60. The zero-order valence-electron chi connectivity index (χ0n) is 13.6. The summed E-state index contributed by atoms with van der Waals surface area (Å²) >= 11 is 0. The van der Waals surface area contributed by atoms with Gasteiger partial charge in [-0.1, -0.05) is 17.7 Å². The van der Waals surface area contributed by atoms with Crippen LogP contribution < -0.4 is 10.6 Å². The fraction of sp³-hybridized carbons (Fsp3) is 0.353. The van der Waals surface area contributed by atoms with Gasteiger partial charge in [0, 0.05) is 13.3 Å². The molecule has 1 aromatic rings. The zero-order valence-corrected chi connectivity index (χ0v) is 13.6. The molecule has 3 N–H and O–H groups in total. The summed E-state index contributed by atoms with van der Waals surface area (Å²) in [5.74, 6) is -2.64. The summed E-state index contributed by atoms with van der Waals surface area (Å²) in [6.45, 7) is 6.55. The topological polar surface area (TPSA) is 95.5 Å². The Morgan fingerprint density at radius 1 is 1.12 bits per heavy atom. The molecule has 0 heterocycles. The van der Waals surface area contributed by atoms with Crippen molar-refractivity contribution in [1.82, 2.24) is 10.6 Å². The number of benzene rings is 1. The molecule has 0 aliphatic rings. The second-order valence-corrected chi connectivity index (χ2v) is 5.64. The predicted octanol–water partition coefficient (Wildman–Crippen LogP) is 1.41. The number of rotatable bonds is 8. The van der Waals surface area contributed by atoms with Gasteiger partial charge in [0.1, 0.15) is 17.9 Å². The van der Waals surface area contributed by atoms with Gasteiger partial charge in [-0.3, -0.25) is 9.59 Å². The first-order valence-corrected chi connectivity index (χ1v) is 7.38. The summed E-state index contributed by atoms with van der Waals surface area (Å²) in [4.78, 5) is 34.9. The van der Waals surface area contributed by atoms with Crippen LogP contribution in [-0.4, -0.2) is 35.0 Å². The van der Waals surface area contributed by atoms with Crippen LogP contribution in [0.2, 0.25) is 0 Å². The molecule has 2 atom stereocenters. The summed E-state index contributed by atoms with van der Waals surface area (Å²) in [6.07, 6.45) is 0.204. The fourth-order valence-corrected chi connectivity index (χ4v) is 2.13. The van der Waals surface area contributed by atoms with E-state index in [2.05, 4.69) is 17.2 Å². The summed E-state index contributed by atoms with van der Waals surface area (Å²) in [5.41, 5.74) is 1.24. The van der Waals surface area contributed by atoms with E-state index in [0.29, 0.717) is 11.1 Å². The van der Waals surface area contributed by atoms with Gasteiger partial charge in [-0.2, -0.15) is 0 Å². The van der Waals surface area contributed by atoms with Crippen molar-refractivity contribution in [2.24, 2.45) is 0 Å². The van der Waals surface area contributed by atoms with Crippen LogP contribution in [0, 0.1) is 5.82 Å². The molecule has 7 heteroatoms. The molecule has 0 aliphatic heterocycles. The van der Waals surface area contributed by atoms with Gasteiger partial charge in [0.15, 0.2) is 0 Å². The molecular weight excluding hydrogens is 315 g/mol. The molecule has 0 bridgehead atoms. The van der Waals surface area contributed by atoms with Gasteiger partial charge in [-0.25, -0.2) is 9.18 Å². The summed E-state index contributed by atoms with van der Waals surface area (Å²) in [7, 11) is 0. The summed E-state index contributed by atoms with van der Waals surface area (Å²) in [6, 6.07) is 3.41. The molecule has 6 nitrogen and oxygen atoms in total. The van der Waals surface area contributed by atoms with Crippen LogP contribution in [0.4, 0.5) is 4.39 Å². The SMILES string of the molecule is C=C(C)C[C@@H](NC(=O)[C@H](Cc1ccc(F)cc1)NC(C)=O)C(=O)O. The van der Waals surface area contributed by atoms with Crippen LogP contribution in [-0.2, 0) is 20.8 Å². The fourth-order valence-electron chi connectivity index (χ4n) is 2.13. The minimum atomic E-state index is -1.19. The molecule has 130 valence electrons. The lowest BCUT2D eigenvalue weighted by Crippen LogP contribution is -2.52. The van der Waals surface area contributed by atoms with E-state index in [1.807, 2.05) is 0 Å². The standard InChI is InChI=1S/C17H21FN2O4/c1-10(2)8-15(17(23)24)20-16(22)14(19-11(3)21)9-12-4-6-13(18)7-5-12/h4-7,14-15H,1,8-9H2,2-3H3,(H,19,21)(H,20,22)(H,23,24)/t14-,15+/m0/s1. The quantitative estimate of drug-likeness (QED) is 0.626. The van der Waals surface area contributed by atoms with E-state index < -0.39 is 35.7 Å². The molecule has 0 spiro atoms.